The van der Waals surface area contributed by atoms with Gasteiger partial charge in [0.05, 0.1) is 11.9 Å². The van der Waals surface area contributed by atoms with Gasteiger partial charge in [0.25, 0.3) is 0 Å². The minimum atomic E-state index is 0.648. The number of nitrogens with one attached hydrogen (secondary N) is 1. The Morgan fingerprint density at radius 3 is 3.20 bits per heavy atom. The Balaban J connectivity index is 1.79. The summed E-state index contributed by atoms with van der Waals surface area (Å²) in [6, 6.07) is 0.648. The summed E-state index contributed by atoms with van der Waals surface area (Å²) in [4.78, 5) is 11.1. The summed E-state index contributed by atoms with van der Waals surface area (Å²) < 4.78 is 0. The highest BCUT2D eigenvalue weighted by atomic mass is 15.3. The van der Waals surface area contributed by atoms with Crippen molar-refractivity contribution in [2.75, 3.05) is 24.5 Å². The number of nitrogens with zero attached hydrogens (tertiary/aromatic N) is 3. The summed E-state index contributed by atoms with van der Waals surface area (Å²) in [6.07, 6.45) is 4.98. The van der Waals surface area contributed by atoms with Crippen molar-refractivity contribution in [3.8, 4) is 0 Å². The first-order valence-electron chi connectivity index (χ1n) is 5.60. The third kappa shape index (κ3) is 1.49. The second-order valence-electron chi connectivity index (χ2n) is 4.49. The zero-order valence-corrected chi connectivity index (χ0v) is 8.98. The van der Waals surface area contributed by atoms with Gasteiger partial charge in [0, 0.05) is 25.3 Å². The maximum Gasteiger partial charge on any atom is 0.147 e. The molecule has 3 rings (SSSR count). The average molecular weight is 204 g/mol. The predicted octanol–water partition coefficient (Wildman–Crippen LogP) is 0.583. The molecule has 1 aromatic rings. The van der Waals surface area contributed by atoms with Gasteiger partial charge in [-0.05, 0) is 25.8 Å². The highest BCUT2D eigenvalue weighted by Gasteiger charge is 2.40. The first kappa shape index (κ1) is 9.09. The standard InChI is InChI=1S/C11H16N4/c1-8-4-13-6-11(14-8)15-7-9-2-3-12-5-10(9)15/h4,6,9-10,12H,2-3,5,7H2,1H3/t9-,10-/m0/s1. The van der Waals surface area contributed by atoms with E-state index in [1.807, 2.05) is 13.1 Å². The Morgan fingerprint density at radius 1 is 1.47 bits per heavy atom. The van der Waals surface area contributed by atoms with Gasteiger partial charge in [-0.1, -0.05) is 0 Å². The Morgan fingerprint density at radius 2 is 2.40 bits per heavy atom. The van der Waals surface area contributed by atoms with Gasteiger partial charge in [-0.15, -0.1) is 0 Å². The zero-order valence-electron chi connectivity index (χ0n) is 8.98. The number of aryl methyl sites for hydroxylation is 1. The van der Waals surface area contributed by atoms with E-state index in [4.69, 9.17) is 0 Å². The van der Waals surface area contributed by atoms with Crippen molar-refractivity contribution >= 4 is 5.82 Å². The maximum atomic E-state index is 4.52. The van der Waals surface area contributed by atoms with Gasteiger partial charge < -0.3 is 10.2 Å². The van der Waals surface area contributed by atoms with Crippen LogP contribution < -0.4 is 10.2 Å². The summed E-state index contributed by atoms with van der Waals surface area (Å²) in [5.41, 5.74) is 1.000. The molecule has 0 amide bonds. The predicted molar refractivity (Wildman–Crippen MR) is 58.9 cm³/mol. The summed E-state index contributed by atoms with van der Waals surface area (Å²) >= 11 is 0. The zero-order chi connectivity index (χ0) is 10.3. The van der Waals surface area contributed by atoms with Gasteiger partial charge in [-0.2, -0.15) is 0 Å². The topological polar surface area (TPSA) is 41.1 Å². The lowest BCUT2D eigenvalue weighted by atomic mass is 9.83. The summed E-state index contributed by atoms with van der Waals surface area (Å²) in [5, 5.41) is 3.44. The fraction of sp³-hybridized carbons (Fsp3) is 0.636. The Hall–Kier alpha value is -1.16. The Labute approximate surface area is 89.7 Å². The van der Waals surface area contributed by atoms with Crippen LogP contribution in [0.15, 0.2) is 12.4 Å². The molecule has 1 aromatic heterocycles. The van der Waals surface area contributed by atoms with Crippen LogP contribution in [0.1, 0.15) is 12.1 Å². The van der Waals surface area contributed by atoms with Crippen LogP contribution in [0.2, 0.25) is 0 Å². The van der Waals surface area contributed by atoms with Crippen molar-refractivity contribution in [3.05, 3.63) is 18.1 Å². The summed E-state index contributed by atoms with van der Waals surface area (Å²) in [5.74, 6) is 1.91. The lowest BCUT2D eigenvalue weighted by Gasteiger charge is -2.51. The molecule has 0 unspecified atom stereocenters. The fourth-order valence-electron chi connectivity index (χ4n) is 2.58. The minimum absolute atomic E-state index is 0.648. The van der Waals surface area contributed by atoms with Crippen molar-refractivity contribution in [2.45, 2.75) is 19.4 Å². The molecule has 2 fully saturated rings. The number of piperidine rings is 1. The van der Waals surface area contributed by atoms with E-state index in [2.05, 4.69) is 20.2 Å². The molecule has 2 aliphatic rings. The van der Waals surface area contributed by atoms with E-state index in [0.29, 0.717) is 6.04 Å². The fourth-order valence-corrected chi connectivity index (χ4v) is 2.58. The SMILES string of the molecule is Cc1cncc(N2C[C@@H]3CCNC[C@@H]32)n1. The third-order valence-electron chi connectivity index (χ3n) is 3.46. The monoisotopic (exact) mass is 204 g/mol. The number of hydrogen-bond donors (Lipinski definition) is 1. The first-order valence-corrected chi connectivity index (χ1v) is 5.60. The molecule has 0 aliphatic carbocycles. The quantitative estimate of drug-likeness (QED) is 0.726. The van der Waals surface area contributed by atoms with Gasteiger partial charge in [0.2, 0.25) is 0 Å². The van der Waals surface area contributed by atoms with Crippen LogP contribution in [0.25, 0.3) is 0 Å². The lowest BCUT2D eigenvalue weighted by Crippen LogP contribution is -2.64. The summed E-state index contributed by atoms with van der Waals surface area (Å²) in [6.45, 7) is 5.42. The smallest absolute Gasteiger partial charge is 0.147 e. The second kappa shape index (κ2) is 3.45. The molecular weight excluding hydrogens is 188 g/mol. The van der Waals surface area contributed by atoms with Gasteiger partial charge >= 0.3 is 0 Å². The van der Waals surface area contributed by atoms with E-state index in [1.54, 1.807) is 6.20 Å². The van der Waals surface area contributed by atoms with Crippen molar-refractivity contribution in [1.82, 2.24) is 15.3 Å². The van der Waals surface area contributed by atoms with E-state index < -0.39 is 0 Å². The van der Waals surface area contributed by atoms with E-state index >= 15 is 0 Å². The van der Waals surface area contributed by atoms with Crippen LogP contribution in [0, 0.1) is 12.8 Å². The molecule has 2 aliphatic heterocycles. The highest BCUT2D eigenvalue weighted by molar-refractivity contribution is 5.43. The van der Waals surface area contributed by atoms with Crippen LogP contribution in [0.5, 0.6) is 0 Å². The average Bonchev–Trinajstić information content (AvgIpc) is 2.20. The van der Waals surface area contributed by atoms with Gasteiger partial charge in [-0.3, -0.25) is 4.98 Å². The van der Waals surface area contributed by atoms with E-state index in [1.165, 1.54) is 13.0 Å². The van der Waals surface area contributed by atoms with Crippen LogP contribution in [-0.2, 0) is 0 Å². The van der Waals surface area contributed by atoms with Crippen LogP contribution >= 0.6 is 0 Å². The van der Waals surface area contributed by atoms with Crippen molar-refractivity contribution in [3.63, 3.8) is 0 Å². The van der Waals surface area contributed by atoms with E-state index in [-0.39, 0.29) is 0 Å². The molecule has 0 aromatic carbocycles. The number of hydrogen-bond acceptors (Lipinski definition) is 4. The molecule has 4 nitrogen and oxygen atoms in total. The Bertz CT molecular complexity index is 365. The maximum absolute atomic E-state index is 4.52. The number of rotatable bonds is 1. The van der Waals surface area contributed by atoms with Crippen LogP contribution in [0.3, 0.4) is 0 Å². The van der Waals surface area contributed by atoms with E-state index in [9.17, 15) is 0 Å². The molecule has 3 heterocycles. The molecule has 15 heavy (non-hydrogen) atoms. The molecule has 0 saturated carbocycles. The number of anilines is 1. The van der Waals surface area contributed by atoms with E-state index in [0.717, 1.165) is 30.5 Å². The van der Waals surface area contributed by atoms with Gasteiger partial charge in [0.1, 0.15) is 5.82 Å². The molecule has 2 atom stereocenters. The minimum Gasteiger partial charge on any atom is -0.350 e. The molecule has 1 N–H and O–H groups in total. The number of aromatic nitrogens is 2. The molecule has 2 saturated heterocycles. The van der Waals surface area contributed by atoms with Crippen molar-refractivity contribution in [2.24, 2.45) is 5.92 Å². The highest BCUT2D eigenvalue weighted by Crippen LogP contribution is 2.32. The van der Waals surface area contributed by atoms with Gasteiger partial charge in [0.15, 0.2) is 0 Å². The Kier molecular flexibility index (Phi) is 2.09. The first-order chi connectivity index (χ1) is 7.34. The summed E-state index contributed by atoms with van der Waals surface area (Å²) in [7, 11) is 0. The molecule has 0 spiro atoms. The van der Waals surface area contributed by atoms with Crippen molar-refractivity contribution in [1.29, 1.82) is 0 Å². The molecule has 4 heteroatoms. The second-order valence-corrected chi connectivity index (χ2v) is 4.49. The van der Waals surface area contributed by atoms with Crippen molar-refractivity contribution < 1.29 is 0 Å². The molecule has 0 radical (unpaired) electrons. The largest absolute Gasteiger partial charge is 0.350 e. The molecule has 0 bridgehead atoms. The van der Waals surface area contributed by atoms with Crippen LogP contribution in [0.4, 0.5) is 5.82 Å². The molecular formula is C11H16N4. The third-order valence-corrected chi connectivity index (χ3v) is 3.46. The number of fused-ring (bicyclic) bond motifs is 1. The molecule has 80 valence electrons. The lowest BCUT2D eigenvalue weighted by molar-refractivity contribution is 0.227. The van der Waals surface area contributed by atoms with Crippen LogP contribution in [-0.4, -0.2) is 35.6 Å². The van der Waals surface area contributed by atoms with Gasteiger partial charge in [-0.25, -0.2) is 4.98 Å². The normalized spacial score (nSPS) is 29.5.